The number of nitrogens with zero attached hydrogens (tertiary/aromatic N) is 2. The minimum atomic E-state index is -1.51. The van der Waals surface area contributed by atoms with E-state index in [-0.39, 0.29) is 5.69 Å². The Labute approximate surface area is 102 Å². The van der Waals surface area contributed by atoms with Gasteiger partial charge in [0.05, 0.1) is 18.5 Å². The van der Waals surface area contributed by atoms with Gasteiger partial charge in [0.1, 0.15) is 30.3 Å². The topological polar surface area (TPSA) is 136 Å². The van der Waals surface area contributed by atoms with Crippen LogP contribution >= 0.6 is 0 Å². The molecule has 2 rings (SSSR count). The Morgan fingerprint density at radius 3 is 2.72 bits per heavy atom. The van der Waals surface area contributed by atoms with Gasteiger partial charge in [-0.3, -0.25) is 0 Å². The summed E-state index contributed by atoms with van der Waals surface area (Å²) in [6, 6.07) is 1.58. The first-order valence-corrected chi connectivity index (χ1v) is 5.24. The summed E-state index contributed by atoms with van der Waals surface area (Å²) in [4.78, 5) is 6.69. The highest BCUT2D eigenvalue weighted by Gasteiger charge is 2.27. The average molecular weight is 255 g/mol. The molecule has 2 aromatic heterocycles. The summed E-state index contributed by atoms with van der Waals surface area (Å²) in [5.74, 6) is 0.364. The van der Waals surface area contributed by atoms with Crippen molar-refractivity contribution in [3.63, 3.8) is 0 Å². The fraction of sp³-hybridized carbons (Fsp3) is 0.400. The lowest BCUT2D eigenvalue weighted by molar-refractivity contribution is -0.0788. The second kappa shape index (κ2) is 5.27. The van der Waals surface area contributed by atoms with Gasteiger partial charge in [-0.1, -0.05) is 5.16 Å². The monoisotopic (exact) mass is 255 g/mol. The number of imidazole rings is 1. The van der Waals surface area contributed by atoms with Crippen LogP contribution in [-0.4, -0.2) is 54.4 Å². The van der Waals surface area contributed by atoms with E-state index in [0.29, 0.717) is 11.5 Å². The van der Waals surface area contributed by atoms with Crippen molar-refractivity contribution in [1.82, 2.24) is 15.1 Å². The van der Waals surface area contributed by atoms with Crippen LogP contribution in [0.4, 0.5) is 0 Å². The molecule has 0 saturated heterocycles. The maximum Gasteiger partial charge on any atom is 0.159 e. The Balaban J connectivity index is 2.15. The average Bonchev–Trinajstić information content (AvgIpc) is 3.05. The summed E-state index contributed by atoms with van der Waals surface area (Å²) < 4.78 is 4.65. The second-order valence-corrected chi connectivity index (χ2v) is 3.76. The van der Waals surface area contributed by atoms with Crippen LogP contribution in [0.5, 0.6) is 0 Å². The smallest absolute Gasteiger partial charge is 0.159 e. The molecule has 0 aliphatic heterocycles. The number of rotatable bonds is 5. The fourth-order valence-electron chi connectivity index (χ4n) is 1.45. The Bertz CT molecular complexity index is 483. The van der Waals surface area contributed by atoms with Crippen LogP contribution in [-0.2, 0) is 0 Å². The van der Waals surface area contributed by atoms with Crippen molar-refractivity contribution in [3.05, 3.63) is 24.2 Å². The minimum Gasteiger partial charge on any atom is -0.394 e. The summed E-state index contributed by atoms with van der Waals surface area (Å²) in [7, 11) is 0. The standard InChI is InChI=1S/C10H13N3O5/c14-4-7(15)9(17)8(16)6-3-11-10(12-6)5-1-2-18-13-5/h1-3,7-9,14-17H,4H2,(H,11,12)/t7-,8-,9-/m1/s1. The molecule has 0 aliphatic carbocycles. The maximum atomic E-state index is 9.77. The van der Waals surface area contributed by atoms with E-state index >= 15 is 0 Å². The molecular formula is C10H13N3O5. The Kier molecular flexibility index (Phi) is 3.72. The van der Waals surface area contributed by atoms with Crippen LogP contribution in [0.2, 0.25) is 0 Å². The highest BCUT2D eigenvalue weighted by atomic mass is 16.5. The van der Waals surface area contributed by atoms with Gasteiger partial charge in [0.15, 0.2) is 5.82 Å². The fourth-order valence-corrected chi connectivity index (χ4v) is 1.45. The van der Waals surface area contributed by atoms with Gasteiger partial charge in [0, 0.05) is 6.07 Å². The van der Waals surface area contributed by atoms with Crippen LogP contribution in [0, 0.1) is 0 Å². The van der Waals surface area contributed by atoms with Gasteiger partial charge in [-0.25, -0.2) is 4.98 Å². The van der Waals surface area contributed by atoms with E-state index in [1.54, 1.807) is 6.07 Å². The molecule has 0 radical (unpaired) electrons. The molecule has 0 aliphatic rings. The van der Waals surface area contributed by atoms with Gasteiger partial charge in [0.25, 0.3) is 0 Å². The number of aliphatic hydroxyl groups is 4. The molecule has 5 N–H and O–H groups in total. The normalized spacial score (nSPS) is 16.4. The van der Waals surface area contributed by atoms with E-state index in [9.17, 15) is 15.3 Å². The summed E-state index contributed by atoms with van der Waals surface area (Å²) in [6.07, 6.45) is -1.65. The molecule has 98 valence electrons. The molecule has 0 bridgehead atoms. The van der Waals surface area contributed by atoms with Crippen molar-refractivity contribution in [3.8, 4) is 11.5 Å². The van der Waals surface area contributed by atoms with Crippen molar-refractivity contribution in [2.24, 2.45) is 0 Å². The number of hydrogen-bond donors (Lipinski definition) is 5. The van der Waals surface area contributed by atoms with Crippen molar-refractivity contribution in [1.29, 1.82) is 0 Å². The highest BCUT2D eigenvalue weighted by Crippen LogP contribution is 2.20. The summed E-state index contributed by atoms with van der Waals surface area (Å²) in [5.41, 5.74) is 0.652. The van der Waals surface area contributed by atoms with Gasteiger partial charge in [-0.05, 0) is 0 Å². The highest BCUT2D eigenvalue weighted by molar-refractivity contribution is 5.47. The predicted molar refractivity (Wildman–Crippen MR) is 58.1 cm³/mol. The lowest BCUT2D eigenvalue weighted by atomic mass is 10.1. The third-order valence-electron chi connectivity index (χ3n) is 2.50. The molecule has 8 nitrogen and oxygen atoms in total. The minimum absolute atomic E-state index is 0.202. The molecule has 0 saturated carbocycles. The van der Waals surface area contributed by atoms with Crippen molar-refractivity contribution < 1.29 is 24.9 Å². The van der Waals surface area contributed by atoms with E-state index in [2.05, 4.69) is 19.6 Å². The van der Waals surface area contributed by atoms with E-state index in [1.807, 2.05) is 0 Å². The van der Waals surface area contributed by atoms with Crippen LogP contribution < -0.4 is 0 Å². The predicted octanol–water partition coefficient (Wildman–Crippen LogP) is -1.19. The molecule has 0 fully saturated rings. The lowest BCUT2D eigenvalue weighted by Gasteiger charge is -2.20. The van der Waals surface area contributed by atoms with Crippen molar-refractivity contribution in [2.75, 3.05) is 6.61 Å². The lowest BCUT2D eigenvalue weighted by Crippen LogP contribution is -2.34. The molecule has 0 spiro atoms. The van der Waals surface area contributed by atoms with Gasteiger partial charge in [0.2, 0.25) is 0 Å². The SMILES string of the molecule is OC[C@@H](O)[C@@H](O)[C@H](O)c1cnc(-c2ccon2)[nH]1. The Hall–Kier alpha value is -1.74. The number of H-pyrrole nitrogens is 1. The van der Waals surface area contributed by atoms with E-state index in [0.717, 1.165) is 0 Å². The zero-order chi connectivity index (χ0) is 13.1. The van der Waals surface area contributed by atoms with Gasteiger partial charge >= 0.3 is 0 Å². The van der Waals surface area contributed by atoms with Gasteiger partial charge < -0.3 is 29.9 Å². The Morgan fingerprint density at radius 2 is 2.11 bits per heavy atom. The molecule has 18 heavy (non-hydrogen) atoms. The molecule has 3 atom stereocenters. The molecule has 0 unspecified atom stereocenters. The molecule has 2 heterocycles. The Morgan fingerprint density at radius 1 is 1.33 bits per heavy atom. The molecule has 8 heteroatoms. The number of aliphatic hydroxyl groups excluding tert-OH is 4. The van der Waals surface area contributed by atoms with Gasteiger partial charge in [-0.2, -0.15) is 0 Å². The first kappa shape index (κ1) is 12.7. The van der Waals surface area contributed by atoms with Crippen LogP contribution in [0.25, 0.3) is 11.5 Å². The van der Waals surface area contributed by atoms with E-state index in [1.165, 1.54) is 12.5 Å². The largest absolute Gasteiger partial charge is 0.394 e. The second-order valence-electron chi connectivity index (χ2n) is 3.76. The van der Waals surface area contributed by atoms with Crippen LogP contribution in [0.3, 0.4) is 0 Å². The first-order valence-electron chi connectivity index (χ1n) is 5.24. The van der Waals surface area contributed by atoms with E-state index < -0.39 is 24.9 Å². The summed E-state index contributed by atoms with van der Waals surface area (Å²) in [6.45, 7) is -0.650. The summed E-state index contributed by atoms with van der Waals surface area (Å²) in [5, 5.41) is 40.9. The number of hydrogen-bond acceptors (Lipinski definition) is 7. The van der Waals surface area contributed by atoms with E-state index in [4.69, 9.17) is 5.11 Å². The molecular weight excluding hydrogens is 242 g/mol. The molecule has 2 aromatic rings. The van der Waals surface area contributed by atoms with Crippen LogP contribution in [0.15, 0.2) is 23.0 Å². The maximum absolute atomic E-state index is 9.77. The quantitative estimate of drug-likeness (QED) is 0.453. The van der Waals surface area contributed by atoms with Crippen molar-refractivity contribution in [2.45, 2.75) is 18.3 Å². The van der Waals surface area contributed by atoms with Crippen LogP contribution in [0.1, 0.15) is 11.8 Å². The summed E-state index contributed by atoms with van der Waals surface area (Å²) >= 11 is 0. The number of nitrogens with one attached hydrogen (secondary N) is 1. The molecule has 0 aromatic carbocycles. The zero-order valence-electron chi connectivity index (χ0n) is 9.26. The zero-order valence-corrected chi connectivity index (χ0v) is 9.26. The van der Waals surface area contributed by atoms with Crippen molar-refractivity contribution >= 4 is 0 Å². The third-order valence-corrected chi connectivity index (χ3v) is 2.50. The number of aromatic nitrogens is 3. The molecule has 0 amide bonds. The number of aromatic amines is 1. The third kappa shape index (κ3) is 2.41. The van der Waals surface area contributed by atoms with Gasteiger partial charge in [-0.15, -0.1) is 0 Å². The first-order chi connectivity index (χ1) is 8.63.